The minimum absolute atomic E-state index is 0.321. The minimum Gasteiger partial charge on any atom is -0.497 e. The standard InChI is InChI=1S/C17H19N3O3S/c1-10-8-18-15(11(2)16(10)23-4)9-24(21)17-19-13-6-5-12(22-3)7-14(13)20-17/h5-8H,9H2,1-4H3,(H,19,20)/i1D3,2D3,3D3,4D3,5D,6D,7D,8D. The molecule has 6 nitrogen and oxygen atoms in total. The van der Waals surface area contributed by atoms with Crippen molar-refractivity contribution in [3.8, 4) is 11.5 Å². The third-order valence-corrected chi connectivity index (χ3v) is 4.11. The van der Waals surface area contributed by atoms with E-state index in [-0.39, 0.29) is 11.0 Å². The highest BCUT2D eigenvalue weighted by Gasteiger charge is 2.16. The summed E-state index contributed by atoms with van der Waals surface area (Å²) in [7, 11) is -8.80. The lowest BCUT2D eigenvalue weighted by molar-refractivity contribution is 0.407. The first kappa shape index (κ1) is 5.84. The molecule has 0 radical (unpaired) electrons. The number of aromatic nitrogens is 3. The van der Waals surface area contributed by atoms with E-state index in [1.165, 1.54) is 0 Å². The van der Waals surface area contributed by atoms with E-state index >= 15 is 0 Å². The van der Waals surface area contributed by atoms with E-state index in [1.54, 1.807) is 0 Å². The van der Waals surface area contributed by atoms with Gasteiger partial charge in [-0.15, -0.1) is 0 Å². The molecule has 3 aromatic rings. The van der Waals surface area contributed by atoms with Gasteiger partial charge in [0.25, 0.3) is 0 Å². The second kappa shape index (κ2) is 6.60. The van der Waals surface area contributed by atoms with Crippen molar-refractivity contribution in [3.05, 3.63) is 41.1 Å². The summed E-state index contributed by atoms with van der Waals surface area (Å²) in [5.74, 6) is -2.79. The second-order valence-electron chi connectivity index (χ2n) is 4.41. The van der Waals surface area contributed by atoms with Crippen LogP contribution in [-0.2, 0) is 16.6 Å². The zero-order chi connectivity index (χ0) is 30.7. The highest BCUT2D eigenvalue weighted by molar-refractivity contribution is 7.84. The molecule has 0 amide bonds. The summed E-state index contributed by atoms with van der Waals surface area (Å²) in [6.45, 7) is -6.46. The Hall–Kier alpha value is -2.41. The maximum Gasteiger partial charge on any atom is 0.197 e. The number of methoxy groups -OCH3 is 2. The fourth-order valence-corrected chi connectivity index (χ4v) is 2.84. The number of aromatic amines is 1. The van der Waals surface area contributed by atoms with Crippen molar-refractivity contribution in [1.82, 2.24) is 15.0 Å². The summed E-state index contributed by atoms with van der Waals surface area (Å²) in [5.41, 5.74) is -3.42. The fourth-order valence-electron chi connectivity index (χ4n) is 1.84. The molecule has 1 unspecified atom stereocenters. The lowest BCUT2D eigenvalue weighted by atomic mass is 10.1. The molecule has 0 aliphatic carbocycles. The molecule has 0 aliphatic heterocycles. The van der Waals surface area contributed by atoms with Crippen LogP contribution in [0.3, 0.4) is 0 Å². The number of hydrogen-bond acceptors (Lipinski definition) is 5. The van der Waals surface area contributed by atoms with Gasteiger partial charge in [-0.1, -0.05) is 0 Å². The molecule has 0 saturated heterocycles. The molecule has 1 atom stereocenters. The Morgan fingerprint density at radius 2 is 2.25 bits per heavy atom. The van der Waals surface area contributed by atoms with Gasteiger partial charge in [0.05, 0.1) is 61.1 Å². The van der Waals surface area contributed by atoms with Gasteiger partial charge in [-0.3, -0.25) is 9.19 Å². The van der Waals surface area contributed by atoms with Crippen LogP contribution in [0, 0.1) is 13.7 Å². The van der Waals surface area contributed by atoms with Crippen LogP contribution in [0.15, 0.2) is 29.5 Å². The predicted molar refractivity (Wildman–Crippen MR) is 93.0 cm³/mol. The molecule has 0 aliphatic rings. The van der Waals surface area contributed by atoms with Gasteiger partial charge in [0.15, 0.2) is 5.16 Å². The number of rotatable bonds is 5. The summed E-state index contributed by atoms with van der Waals surface area (Å²) < 4.78 is 145. The van der Waals surface area contributed by atoms with Crippen LogP contribution in [0.4, 0.5) is 0 Å². The first-order chi connectivity index (χ1) is 17.9. The van der Waals surface area contributed by atoms with E-state index in [0.717, 1.165) is 0 Å². The van der Waals surface area contributed by atoms with Crippen molar-refractivity contribution in [2.24, 2.45) is 0 Å². The lowest BCUT2D eigenvalue weighted by Gasteiger charge is -2.11. The monoisotopic (exact) mass is 361 g/mol. The van der Waals surface area contributed by atoms with Crippen LogP contribution in [0.2, 0.25) is 0 Å². The summed E-state index contributed by atoms with van der Waals surface area (Å²) >= 11 is 0. The van der Waals surface area contributed by atoms with Gasteiger partial charge in [0.1, 0.15) is 11.5 Å². The number of nitrogens with zero attached hydrogens (tertiary/aromatic N) is 2. The van der Waals surface area contributed by atoms with Gasteiger partial charge < -0.3 is 14.5 Å². The van der Waals surface area contributed by atoms with Crippen molar-refractivity contribution in [3.63, 3.8) is 0 Å². The molecule has 0 bridgehead atoms. The summed E-state index contributed by atoms with van der Waals surface area (Å²) in [6.07, 6.45) is -1.05. The molecule has 126 valence electrons. The third kappa shape index (κ3) is 2.99. The van der Waals surface area contributed by atoms with Crippen LogP contribution in [0.1, 0.15) is 38.8 Å². The number of imidazole rings is 1. The number of benzene rings is 1. The second-order valence-corrected chi connectivity index (χ2v) is 5.78. The molecule has 7 heteroatoms. The van der Waals surface area contributed by atoms with Crippen LogP contribution in [0.25, 0.3) is 11.0 Å². The van der Waals surface area contributed by atoms with Crippen LogP contribution in [-0.4, -0.2) is 33.2 Å². The number of hydrogen-bond donors (Lipinski definition) is 1. The average molecular weight is 362 g/mol. The first-order valence-electron chi connectivity index (χ1n) is 14.2. The molecule has 0 spiro atoms. The molecule has 1 N–H and O–H groups in total. The van der Waals surface area contributed by atoms with Gasteiger partial charge in [0, 0.05) is 31.6 Å². The fraction of sp³-hybridized carbons (Fsp3) is 0.294. The van der Waals surface area contributed by atoms with Gasteiger partial charge >= 0.3 is 0 Å². The highest BCUT2D eigenvalue weighted by atomic mass is 32.2. The molecule has 3 rings (SSSR count). The van der Waals surface area contributed by atoms with Crippen molar-refractivity contribution in [2.45, 2.75) is 24.6 Å². The highest BCUT2D eigenvalue weighted by Crippen LogP contribution is 2.26. The Morgan fingerprint density at radius 3 is 3.04 bits per heavy atom. The van der Waals surface area contributed by atoms with E-state index < -0.39 is 102 Å². The molecule has 2 aromatic heterocycles. The van der Waals surface area contributed by atoms with Gasteiger partial charge in [-0.25, -0.2) is 4.98 Å². The minimum atomic E-state index is -3.33. The number of nitrogens with one attached hydrogen (secondary N) is 1. The van der Waals surface area contributed by atoms with E-state index in [0.29, 0.717) is 0 Å². The molecule has 1 aromatic carbocycles. The topological polar surface area (TPSA) is 77.1 Å². The Kier molecular flexibility index (Phi) is 1.61. The van der Waals surface area contributed by atoms with E-state index in [9.17, 15) is 4.21 Å². The van der Waals surface area contributed by atoms with Crippen molar-refractivity contribution in [2.75, 3.05) is 14.1 Å². The number of pyridine rings is 1. The molecule has 0 fully saturated rings. The Balaban J connectivity index is 2.21. The number of H-pyrrole nitrogens is 1. The lowest BCUT2D eigenvalue weighted by Crippen LogP contribution is -2.05. The van der Waals surface area contributed by atoms with Crippen molar-refractivity contribution < 1.29 is 35.6 Å². The van der Waals surface area contributed by atoms with Crippen molar-refractivity contribution in [1.29, 1.82) is 0 Å². The first-order valence-corrected chi connectivity index (χ1v) is 7.54. The largest absolute Gasteiger partial charge is 0.497 e. The zero-order valence-corrected chi connectivity index (χ0v) is 12.6. The van der Waals surface area contributed by atoms with E-state index in [4.69, 9.17) is 26.7 Å². The predicted octanol–water partition coefficient (Wildman–Crippen LogP) is 2.90. The quantitative estimate of drug-likeness (QED) is 0.756. The van der Waals surface area contributed by atoms with E-state index in [2.05, 4.69) is 19.7 Å². The van der Waals surface area contributed by atoms with Crippen molar-refractivity contribution >= 4 is 21.8 Å². The zero-order valence-electron chi connectivity index (χ0n) is 27.7. The Bertz CT molecular complexity index is 1490. The third-order valence-electron chi connectivity index (χ3n) is 2.95. The molecule has 24 heavy (non-hydrogen) atoms. The SMILES string of the molecule is [2H]c1nc(CS(=O)c2nc3c([2H])c([2H])c(OC([2H])([2H])[2H])c([2H])c3[nH]2)c(C([2H])([2H])[2H])c(OC([2H])([2H])[2H])c1C([2H])([2H])[2H]. The van der Waals surface area contributed by atoms with Gasteiger partial charge in [-0.05, 0) is 25.8 Å². The van der Waals surface area contributed by atoms with E-state index in [1.807, 2.05) is 0 Å². The summed E-state index contributed by atoms with van der Waals surface area (Å²) in [6, 6.07) is -2.14. The summed E-state index contributed by atoms with van der Waals surface area (Å²) in [4.78, 5) is 10.0. The Morgan fingerprint density at radius 1 is 1.33 bits per heavy atom. The normalized spacial score (nSPS) is 24.2. The van der Waals surface area contributed by atoms with Crippen LogP contribution < -0.4 is 9.47 Å². The maximum atomic E-state index is 13.3. The smallest absolute Gasteiger partial charge is 0.197 e. The van der Waals surface area contributed by atoms with Gasteiger partial charge in [-0.2, -0.15) is 0 Å². The number of fused-ring (bicyclic) bond motifs is 1. The maximum absolute atomic E-state index is 13.3. The molecule has 2 heterocycles. The summed E-state index contributed by atoms with van der Waals surface area (Å²) in [5, 5.41) is -0.481. The molecular weight excluding hydrogens is 326 g/mol. The molecular formula is C17H19N3O3S. The average Bonchev–Trinajstić information content (AvgIpc) is 3.17. The van der Waals surface area contributed by atoms with Gasteiger partial charge in [0.2, 0.25) is 0 Å². The van der Waals surface area contributed by atoms with Crippen LogP contribution in [0.5, 0.6) is 11.5 Å². The molecule has 0 saturated carbocycles. The number of ether oxygens (including phenoxy) is 2. The Labute approximate surface area is 165 Å². The van der Waals surface area contributed by atoms with Crippen LogP contribution >= 0.6 is 0 Å².